The summed E-state index contributed by atoms with van der Waals surface area (Å²) in [5, 5.41) is 2.14. The molecule has 0 bridgehead atoms. The highest BCUT2D eigenvalue weighted by atomic mass is 16.3. The van der Waals surface area contributed by atoms with Gasteiger partial charge in [-0.15, -0.1) is 0 Å². The van der Waals surface area contributed by atoms with E-state index in [2.05, 4.69) is 127 Å². The summed E-state index contributed by atoms with van der Waals surface area (Å²) in [5.41, 5.74) is 14.7. The predicted molar refractivity (Wildman–Crippen MR) is 225 cm³/mol. The topological polar surface area (TPSA) is 51.8 Å². The summed E-state index contributed by atoms with van der Waals surface area (Å²) in [4.78, 5) is 14.8. The maximum atomic E-state index is 6.67. The van der Waals surface area contributed by atoms with Crippen LogP contribution in [0.25, 0.3) is 78.4 Å². The van der Waals surface area contributed by atoms with E-state index >= 15 is 0 Å². The monoisotopic (exact) mass is 715 g/mol. The summed E-state index contributed by atoms with van der Waals surface area (Å²) >= 11 is 0. The van der Waals surface area contributed by atoms with Crippen LogP contribution >= 0.6 is 0 Å². The Morgan fingerprint density at radius 2 is 0.946 bits per heavy atom. The van der Waals surface area contributed by atoms with Gasteiger partial charge in [-0.2, -0.15) is 0 Å². The normalized spacial score (nSPS) is 18.6. The highest BCUT2D eigenvalue weighted by molar-refractivity contribution is 6.07. The molecule has 1 spiro atoms. The molecule has 0 saturated carbocycles. The molecular formula is C52H33N3O. The van der Waals surface area contributed by atoms with Crippen LogP contribution in [0.4, 0.5) is 0 Å². The van der Waals surface area contributed by atoms with E-state index in [0.717, 1.165) is 44.2 Å². The molecular weight excluding hydrogens is 683 g/mol. The summed E-state index contributed by atoms with van der Waals surface area (Å²) in [6.45, 7) is 0. The van der Waals surface area contributed by atoms with Crippen molar-refractivity contribution < 1.29 is 4.42 Å². The van der Waals surface area contributed by atoms with E-state index < -0.39 is 0 Å². The van der Waals surface area contributed by atoms with Gasteiger partial charge in [-0.1, -0.05) is 158 Å². The Bertz CT molecular complexity index is 3050. The van der Waals surface area contributed by atoms with Gasteiger partial charge in [0.25, 0.3) is 0 Å². The number of fused-ring (bicyclic) bond motifs is 13. The SMILES string of the molecule is C1=CC2c3ccccc3C3(c4ccccc4-c4ccc(-c5ccc6c(c5)oc5cc(-c7nc(-c8ccccc8)nc(-c8ccccc8)n7)ccc56)cc43)C2C=C1. The van der Waals surface area contributed by atoms with Gasteiger partial charge < -0.3 is 4.42 Å². The van der Waals surface area contributed by atoms with Crippen molar-refractivity contribution in [3.63, 3.8) is 0 Å². The van der Waals surface area contributed by atoms with Crippen LogP contribution in [-0.4, -0.2) is 15.0 Å². The van der Waals surface area contributed by atoms with Gasteiger partial charge in [0.05, 0.1) is 5.41 Å². The summed E-state index contributed by atoms with van der Waals surface area (Å²) in [7, 11) is 0. The molecule has 0 N–H and O–H groups in total. The minimum atomic E-state index is -0.264. The summed E-state index contributed by atoms with van der Waals surface area (Å²) in [5.74, 6) is 2.51. The first-order valence-corrected chi connectivity index (χ1v) is 19.3. The minimum absolute atomic E-state index is 0.264. The van der Waals surface area contributed by atoms with Crippen molar-refractivity contribution in [2.24, 2.45) is 5.92 Å². The average molecular weight is 716 g/mol. The molecule has 4 heteroatoms. The zero-order chi connectivity index (χ0) is 36.8. The molecule has 12 rings (SSSR count). The number of rotatable bonds is 4. The first-order chi connectivity index (χ1) is 27.7. The van der Waals surface area contributed by atoms with Gasteiger partial charge in [0.1, 0.15) is 11.2 Å². The van der Waals surface area contributed by atoms with E-state index in [-0.39, 0.29) is 5.41 Å². The van der Waals surface area contributed by atoms with Crippen molar-refractivity contribution in [3.05, 3.63) is 210 Å². The van der Waals surface area contributed by atoms with Crippen LogP contribution in [0.1, 0.15) is 28.2 Å². The molecule has 3 aliphatic rings. The van der Waals surface area contributed by atoms with Crippen molar-refractivity contribution in [1.82, 2.24) is 15.0 Å². The Morgan fingerprint density at radius 1 is 0.411 bits per heavy atom. The highest BCUT2D eigenvalue weighted by Crippen LogP contribution is 2.65. The number of hydrogen-bond donors (Lipinski definition) is 0. The number of benzene rings is 7. The fourth-order valence-electron chi connectivity index (χ4n) is 9.82. The van der Waals surface area contributed by atoms with E-state index in [1.807, 2.05) is 60.7 Å². The number of allylic oxidation sites excluding steroid dienone is 4. The lowest BCUT2D eigenvalue weighted by atomic mass is 9.65. The fourth-order valence-corrected chi connectivity index (χ4v) is 9.82. The van der Waals surface area contributed by atoms with Crippen LogP contribution in [-0.2, 0) is 5.41 Å². The first kappa shape index (κ1) is 31.2. The van der Waals surface area contributed by atoms with Gasteiger partial charge in [0.15, 0.2) is 17.5 Å². The third kappa shape index (κ3) is 4.44. The maximum absolute atomic E-state index is 6.67. The molecule has 0 amide bonds. The van der Waals surface area contributed by atoms with Crippen molar-refractivity contribution in [2.45, 2.75) is 11.3 Å². The van der Waals surface area contributed by atoms with Crippen LogP contribution in [0.5, 0.6) is 0 Å². The lowest BCUT2D eigenvalue weighted by molar-refractivity contribution is 0.465. The molecule has 0 saturated heterocycles. The molecule has 0 fully saturated rings. The quantitative estimate of drug-likeness (QED) is 0.182. The Balaban J connectivity index is 0.977. The van der Waals surface area contributed by atoms with Crippen molar-refractivity contribution in [2.75, 3.05) is 0 Å². The lowest BCUT2D eigenvalue weighted by Gasteiger charge is -2.36. The summed E-state index contributed by atoms with van der Waals surface area (Å²) < 4.78 is 6.67. The Morgan fingerprint density at radius 3 is 1.68 bits per heavy atom. The first-order valence-electron chi connectivity index (χ1n) is 19.3. The summed E-state index contributed by atoms with van der Waals surface area (Å²) in [6.07, 6.45) is 9.30. The van der Waals surface area contributed by atoms with E-state index in [4.69, 9.17) is 19.4 Å². The largest absolute Gasteiger partial charge is 0.456 e. The fraction of sp³-hybridized carbons (Fsp3) is 0.0577. The number of furan rings is 1. The second-order valence-corrected chi connectivity index (χ2v) is 15.1. The third-order valence-corrected chi connectivity index (χ3v) is 12.2. The molecule has 3 aliphatic carbocycles. The Kier molecular flexibility index (Phi) is 6.64. The molecule has 4 nitrogen and oxygen atoms in total. The van der Waals surface area contributed by atoms with E-state index in [9.17, 15) is 0 Å². The van der Waals surface area contributed by atoms with E-state index in [1.165, 1.54) is 38.9 Å². The molecule has 9 aromatic rings. The molecule has 56 heavy (non-hydrogen) atoms. The van der Waals surface area contributed by atoms with Crippen LogP contribution in [0.3, 0.4) is 0 Å². The summed E-state index contributed by atoms with van der Waals surface area (Å²) in [6, 6.07) is 58.3. The van der Waals surface area contributed by atoms with Crippen LogP contribution in [0, 0.1) is 5.92 Å². The molecule has 2 aromatic heterocycles. The predicted octanol–water partition coefficient (Wildman–Crippen LogP) is 12.6. The van der Waals surface area contributed by atoms with Crippen molar-refractivity contribution in [1.29, 1.82) is 0 Å². The molecule has 0 aliphatic heterocycles. The molecule has 7 aromatic carbocycles. The molecule has 3 atom stereocenters. The standard InChI is InChI=1S/C52H33N3O/c1-3-13-32(14-4-1)49-53-50(33-15-5-2-6-16-33)55-51(54-49)36-25-28-42-41-27-24-35(30-47(41)56-48(42)31-36)34-23-26-40-39-19-9-12-22-45(39)52(46(40)29-34)43-20-10-7-17-37(43)38-18-8-11-21-44(38)52/h1-31,37,43H. The number of hydrogen-bond acceptors (Lipinski definition) is 4. The van der Waals surface area contributed by atoms with Crippen LogP contribution in [0.2, 0.25) is 0 Å². The third-order valence-electron chi connectivity index (χ3n) is 12.2. The maximum Gasteiger partial charge on any atom is 0.164 e. The Hall–Kier alpha value is -7.17. The van der Waals surface area contributed by atoms with Gasteiger partial charge in [-0.25, -0.2) is 15.0 Å². The van der Waals surface area contributed by atoms with Crippen LogP contribution < -0.4 is 0 Å². The molecule has 2 heterocycles. The van der Waals surface area contributed by atoms with Gasteiger partial charge in [-0.3, -0.25) is 0 Å². The molecule has 0 radical (unpaired) electrons. The number of aromatic nitrogens is 3. The van der Waals surface area contributed by atoms with Gasteiger partial charge in [-0.05, 0) is 74.8 Å². The van der Waals surface area contributed by atoms with E-state index in [1.54, 1.807) is 0 Å². The minimum Gasteiger partial charge on any atom is -0.456 e. The molecule has 3 unspecified atom stereocenters. The smallest absolute Gasteiger partial charge is 0.164 e. The van der Waals surface area contributed by atoms with Gasteiger partial charge in [0.2, 0.25) is 0 Å². The van der Waals surface area contributed by atoms with Gasteiger partial charge >= 0.3 is 0 Å². The Labute approximate surface area is 324 Å². The van der Waals surface area contributed by atoms with Crippen LogP contribution in [0.15, 0.2) is 193 Å². The lowest BCUT2D eigenvalue weighted by Crippen LogP contribution is -2.32. The van der Waals surface area contributed by atoms with Gasteiger partial charge in [0, 0.05) is 39.3 Å². The molecule has 262 valence electrons. The van der Waals surface area contributed by atoms with Crippen molar-refractivity contribution in [3.8, 4) is 56.4 Å². The number of nitrogens with zero attached hydrogens (tertiary/aromatic N) is 3. The van der Waals surface area contributed by atoms with E-state index in [0.29, 0.717) is 29.3 Å². The average Bonchev–Trinajstić information content (AvgIpc) is 3.90. The highest BCUT2D eigenvalue weighted by Gasteiger charge is 2.56. The zero-order valence-electron chi connectivity index (χ0n) is 30.3. The second-order valence-electron chi connectivity index (χ2n) is 15.1. The van der Waals surface area contributed by atoms with Crippen molar-refractivity contribution >= 4 is 21.9 Å². The zero-order valence-corrected chi connectivity index (χ0v) is 30.3. The second kappa shape index (κ2) is 11.9.